The van der Waals surface area contributed by atoms with Gasteiger partial charge in [0.2, 0.25) is 0 Å². The molecule has 0 bridgehead atoms. The molecule has 0 saturated carbocycles. The van der Waals surface area contributed by atoms with Crippen molar-refractivity contribution in [3.8, 4) is 5.75 Å². The molecule has 5 heteroatoms. The van der Waals surface area contributed by atoms with Crippen LogP contribution in [0.3, 0.4) is 0 Å². The van der Waals surface area contributed by atoms with Crippen LogP contribution < -0.4 is 5.73 Å². The number of phenolic OH excluding ortho intramolecular Hbond substituents is 1. The Hall–Kier alpha value is -1.23. The van der Waals surface area contributed by atoms with Gasteiger partial charge in [-0.05, 0) is 28.9 Å². The van der Waals surface area contributed by atoms with Crippen molar-refractivity contribution in [2.24, 2.45) is 0 Å². The standard InChI is InChI=1S/C9H10BrNO3/c1-4-6(12)3-5(9(13)14-2)8(11)7(4)10/h3,12H,11H2,1-2H3. The second-order valence-corrected chi connectivity index (χ2v) is 3.58. The zero-order valence-corrected chi connectivity index (χ0v) is 9.38. The minimum Gasteiger partial charge on any atom is -0.508 e. The van der Waals surface area contributed by atoms with Crippen LogP contribution in [-0.2, 0) is 4.74 Å². The largest absolute Gasteiger partial charge is 0.508 e. The summed E-state index contributed by atoms with van der Waals surface area (Å²) in [6, 6.07) is 1.29. The third-order valence-electron chi connectivity index (χ3n) is 1.93. The van der Waals surface area contributed by atoms with Crippen molar-refractivity contribution in [3.05, 3.63) is 21.7 Å². The summed E-state index contributed by atoms with van der Waals surface area (Å²) < 4.78 is 5.03. The van der Waals surface area contributed by atoms with Gasteiger partial charge in [-0.1, -0.05) is 0 Å². The molecule has 0 unspecified atom stereocenters. The first-order valence-electron chi connectivity index (χ1n) is 3.85. The Labute approximate surface area is 89.8 Å². The first kappa shape index (κ1) is 10.8. The Kier molecular flexibility index (Phi) is 3.00. The lowest BCUT2D eigenvalue weighted by Gasteiger charge is -2.09. The normalized spacial score (nSPS) is 9.93. The SMILES string of the molecule is COC(=O)c1cc(O)c(C)c(Br)c1N. The summed E-state index contributed by atoms with van der Waals surface area (Å²) in [5.41, 5.74) is 6.69. The van der Waals surface area contributed by atoms with E-state index in [1.54, 1.807) is 6.92 Å². The molecule has 4 nitrogen and oxygen atoms in total. The number of carbonyl (C=O) groups is 1. The van der Waals surface area contributed by atoms with Gasteiger partial charge in [0.05, 0.1) is 18.4 Å². The summed E-state index contributed by atoms with van der Waals surface area (Å²) in [7, 11) is 1.26. The van der Waals surface area contributed by atoms with Gasteiger partial charge in [0.15, 0.2) is 0 Å². The monoisotopic (exact) mass is 259 g/mol. The lowest BCUT2D eigenvalue weighted by atomic mass is 10.1. The second kappa shape index (κ2) is 3.88. The molecule has 1 aromatic carbocycles. The maximum atomic E-state index is 11.2. The van der Waals surface area contributed by atoms with Gasteiger partial charge in [0.25, 0.3) is 0 Å². The van der Waals surface area contributed by atoms with Crippen molar-refractivity contribution in [3.63, 3.8) is 0 Å². The van der Waals surface area contributed by atoms with E-state index in [1.165, 1.54) is 13.2 Å². The molecule has 0 aliphatic rings. The highest BCUT2D eigenvalue weighted by Crippen LogP contribution is 2.33. The quantitative estimate of drug-likeness (QED) is 0.459. The number of methoxy groups -OCH3 is 1. The second-order valence-electron chi connectivity index (χ2n) is 2.79. The van der Waals surface area contributed by atoms with E-state index in [-0.39, 0.29) is 17.0 Å². The van der Waals surface area contributed by atoms with E-state index in [0.29, 0.717) is 10.0 Å². The number of halogens is 1. The average molecular weight is 260 g/mol. The summed E-state index contributed by atoms with van der Waals surface area (Å²) >= 11 is 3.19. The number of benzene rings is 1. The fourth-order valence-electron chi connectivity index (χ4n) is 1.03. The molecule has 0 aliphatic heterocycles. The third kappa shape index (κ3) is 1.68. The minimum absolute atomic E-state index is 0.00600. The molecule has 0 fully saturated rings. The highest BCUT2D eigenvalue weighted by atomic mass is 79.9. The lowest BCUT2D eigenvalue weighted by Crippen LogP contribution is -2.06. The molecule has 3 N–H and O–H groups in total. The van der Waals surface area contributed by atoms with Crippen molar-refractivity contribution in [1.29, 1.82) is 0 Å². The molecule has 0 saturated heterocycles. The number of esters is 1. The van der Waals surface area contributed by atoms with Gasteiger partial charge in [-0.15, -0.1) is 0 Å². The van der Waals surface area contributed by atoms with Crippen LogP contribution in [0.15, 0.2) is 10.5 Å². The first-order chi connectivity index (χ1) is 6.49. The smallest absolute Gasteiger partial charge is 0.340 e. The number of aromatic hydroxyl groups is 1. The number of anilines is 1. The highest BCUT2D eigenvalue weighted by molar-refractivity contribution is 9.10. The maximum Gasteiger partial charge on any atom is 0.340 e. The van der Waals surface area contributed by atoms with E-state index in [9.17, 15) is 9.90 Å². The van der Waals surface area contributed by atoms with Crippen LogP contribution in [0.5, 0.6) is 5.75 Å². The fraction of sp³-hybridized carbons (Fsp3) is 0.222. The van der Waals surface area contributed by atoms with Crippen molar-refractivity contribution in [1.82, 2.24) is 0 Å². The fourth-order valence-corrected chi connectivity index (χ4v) is 1.45. The van der Waals surface area contributed by atoms with E-state index in [4.69, 9.17) is 5.73 Å². The Bertz CT molecular complexity index is 390. The number of nitrogen functional groups attached to an aromatic ring is 1. The molecule has 0 aliphatic carbocycles. The van der Waals surface area contributed by atoms with Crippen molar-refractivity contribution >= 4 is 27.6 Å². The van der Waals surface area contributed by atoms with Crippen LogP contribution >= 0.6 is 15.9 Å². The Morgan fingerprint density at radius 2 is 2.21 bits per heavy atom. The number of phenols is 1. The molecule has 14 heavy (non-hydrogen) atoms. The maximum absolute atomic E-state index is 11.2. The molecule has 0 spiro atoms. The van der Waals surface area contributed by atoms with Gasteiger partial charge in [0.1, 0.15) is 5.75 Å². The number of nitrogens with two attached hydrogens (primary N) is 1. The number of ether oxygens (including phenoxy) is 1. The van der Waals surface area contributed by atoms with Crippen LogP contribution in [-0.4, -0.2) is 18.2 Å². The molecule has 1 rings (SSSR count). The summed E-state index contributed by atoms with van der Waals surface area (Å²) in [5.74, 6) is -0.565. The Morgan fingerprint density at radius 3 is 2.71 bits per heavy atom. The first-order valence-corrected chi connectivity index (χ1v) is 4.64. The van der Waals surface area contributed by atoms with E-state index in [2.05, 4.69) is 20.7 Å². The molecule has 0 radical (unpaired) electrons. The van der Waals surface area contributed by atoms with Crippen LogP contribution in [0, 0.1) is 6.92 Å². The Balaban J connectivity index is 3.40. The number of rotatable bonds is 1. The van der Waals surface area contributed by atoms with E-state index < -0.39 is 5.97 Å². The van der Waals surface area contributed by atoms with Crippen LogP contribution in [0.1, 0.15) is 15.9 Å². The Morgan fingerprint density at radius 1 is 1.64 bits per heavy atom. The zero-order valence-electron chi connectivity index (χ0n) is 7.80. The molecular formula is C9H10BrNO3. The van der Waals surface area contributed by atoms with Gasteiger partial charge in [-0.3, -0.25) is 0 Å². The van der Waals surface area contributed by atoms with E-state index in [1.807, 2.05) is 0 Å². The summed E-state index contributed by atoms with van der Waals surface area (Å²) in [6.07, 6.45) is 0. The van der Waals surface area contributed by atoms with E-state index in [0.717, 1.165) is 0 Å². The summed E-state index contributed by atoms with van der Waals surface area (Å²) in [6.45, 7) is 1.69. The number of carbonyl (C=O) groups excluding carboxylic acids is 1. The summed E-state index contributed by atoms with van der Waals surface area (Å²) in [5, 5.41) is 9.46. The third-order valence-corrected chi connectivity index (χ3v) is 2.95. The highest BCUT2D eigenvalue weighted by Gasteiger charge is 2.16. The van der Waals surface area contributed by atoms with Crippen LogP contribution in [0.4, 0.5) is 5.69 Å². The summed E-state index contributed by atoms with van der Waals surface area (Å²) in [4.78, 5) is 11.2. The molecule has 0 heterocycles. The molecule has 0 amide bonds. The van der Waals surface area contributed by atoms with Gasteiger partial charge in [0, 0.05) is 10.0 Å². The lowest BCUT2D eigenvalue weighted by molar-refractivity contribution is 0.0601. The molecule has 0 aromatic heterocycles. The zero-order chi connectivity index (χ0) is 10.9. The van der Waals surface area contributed by atoms with Gasteiger partial charge >= 0.3 is 5.97 Å². The van der Waals surface area contributed by atoms with E-state index >= 15 is 0 Å². The number of hydrogen-bond acceptors (Lipinski definition) is 4. The van der Waals surface area contributed by atoms with Crippen LogP contribution in [0.25, 0.3) is 0 Å². The van der Waals surface area contributed by atoms with Gasteiger partial charge in [-0.2, -0.15) is 0 Å². The average Bonchev–Trinajstić information content (AvgIpc) is 2.19. The molecule has 76 valence electrons. The van der Waals surface area contributed by atoms with Crippen LogP contribution in [0.2, 0.25) is 0 Å². The molecular weight excluding hydrogens is 250 g/mol. The predicted octanol–water partition coefficient (Wildman–Crippen LogP) is 1.83. The molecule has 0 atom stereocenters. The minimum atomic E-state index is -0.571. The van der Waals surface area contributed by atoms with Gasteiger partial charge < -0.3 is 15.6 Å². The van der Waals surface area contributed by atoms with Gasteiger partial charge in [-0.25, -0.2) is 4.79 Å². The molecule has 1 aromatic rings. The van der Waals surface area contributed by atoms with Crippen molar-refractivity contribution in [2.75, 3.05) is 12.8 Å². The topological polar surface area (TPSA) is 72.5 Å². The number of hydrogen-bond donors (Lipinski definition) is 2. The van der Waals surface area contributed by atoms with Crippen molar-refractivity contribution in [2.45, 2.75) is 6.92 Å². The van der Waals surface area contributed by atoms with Crippen molar-refractivity contribution < 1.29 is 14.6 Å². The predicted molar refractivity (Wildman–Crippen MR) is 56.3 cm³/mol.